The van der Waals surface area contributed by atoms with Gasteiger partial charge in [-0.3, -0.25) is 9.59 Å². The summed E-state index contributed by atoms with van der Waals surface area (Å²) >= 11 is 0. The molecule has 1 aliphatic rings. The molecule has 0 spiro atoms. The summed E-state index contributed by atoms with van der Waals surface area (Å²) in [5.74, 6) is 0.106. The summed E-state index contributed by atoms with van der Waals surface area (Å²) in [6, 6.07) is 13.6. The van der Waals surface area contributed by atoms with E-state index in [0.717, 1.165) is 11.1 Å². The minimum absolute atomic E-state index is 0. The van der Waals surface area contributed by atoms with Crippen LogP contribution in [0, 0.1) is 0 Å². The molecule has 2 aromatic carbocycles. The van der Waals surface area contributed by atoms with Gasteiger partial charge in [0.05, 0.1) is 4.90 Å². The van der Waals surface area contributed by atoms with Crippen molar-refractivity contribution >= 4 is 34.2 Å². The highest BCUT2D eigenvalue weighted by molar-refractivity contribution is 7.89. The van der Waals surface area contributed by atoms with Crippen molar-refractivity contribution in [3.05, 3.63) is 65.2 Å². The van der Waals surface area contributed by atoms with E-state index < -0.39 is 16.1 Å². The Labute approximate surface area is 233 Å². The Morgan fingerprint density at radius 1 is 0.974 bits per heavy atom. The Balaban J connectivity index is 0.00000507. The molecule has 3 rings (SSSR count). The van der Waals surface area contributed by atoms with Crippen LogP contribution in [0.2, 0.25) is 0 Å². The number of hydrogen-bond donors (Lipinski definition) is 3. The van der Waals surface area contributed by atoms with Gasteiger partial charge in [-0.15, -0.1) is 12.4 Å². The van der Waals surface area contributed by atoms with Gasteiger partial charge in [-0.05, 0) is 53.5 Å². The molecule has 0 saturated carbocycles. The number of rotatable bonds is 10. The predicted molar refractivity (Wildman–Crippen MR) is 153 cm³/mol. The van der Waals surface area contributed by atoms with Crippen molar-refractivity contribution in [1.29, 1.82) is 0 Å². The van der Waals surface area contributed by atoms with Gasteiger partial charge in [0.15, 0.2) is 0 Å². The Bertz CT molecular complexity index is 1170. The third-order valence-electron chi connectivity index (χ3n) is 6.86. The van der Waals surface area contributed by atoms with Crippen LogP contribution in [-0.4, -0.2) is 49.7 Å². The van der Waals surface area contributed by atoms with E-state index in [0.29, 0.717) is 12.3 Å². The third kappa shape index (κ3) is 8.02. The van der Waals surface area contributed by atoms with Gasteiger partial charge in [0.2, 0.25) is 21.8 Å². The predicted octanol–water partition coefficient (Wildman–Crippen LogP) is 3.66. The summed E-state index contributed by atoms with van der Waals surface area (Å²) in [7, 11) is -3.92. The number of carbonyl (C=O) groups is 2. The zero-order chi connectivity index (χ0) is 27.2. The van der Waals surface area contributed by atoms with Crippen LogP contribution in [-0.2, 0) is 26.2 Å². The maximum Gasteiger partial charge on any atom is 0.243 e. The molecule has 38 heavy (non-hydrogen) atoms. The first kappa shape index (κ1) is 31.8. The number of sulfonamides is 1. The van der Waals surface area contributed by atoms with E-state index in [2.05, 4.69) is 24.5 Å². The van der Waals surface area contributed by atoms with Crippen LogP contribution in [0.1, 0.15) is 75.5 Å². The zero-order valence-electron chi connectivity index (χ0n) is 22.6. The summed E-state index contributed by atoms with van der Waals surface area (Å²) in [6.45, 7) is 8.97. The summed E-state index contributed by atoms with van der Waals surface area (Å²) in [5, 5.41) is 5.82. The number of nitrogens with zero attached hydrogens (tertiary/aromatic N) is 1. The molecular formula is C28H41ClN4O4S. The number of nitrogens with two attached hydrogens (primary N) is 1. The molecule has 1 aliphatic heterocycles. The van der Waals surface area contributed by atoms with Crippen molar-refractivity contribution in [2.75, 3.05) is 13.1 Å². The van der Waals surface area contributed by atoms with Crippen LogP contribution in [0.4, 0.5) is 0 Å². The first-order chi connectivity index (χ1) is 17.5. The number of halogens is 1. The van der Waals surface area contributed by atoms with Crippen LogP contribution in [0.25, 0.3) is 0 Å². The van der Waals surface area contributed by atoms with E-state index in [1.54, 1.807) is 12.1 Å². The van der Waals surface area contributed by atoms with Crippen LogP contribution in [0.5, 0.6) is 0 Å². The largest absolute Gasteiger partial charge is 0.353 e. The van der Waals surface area contributed by atoms with Gasteiger partial charge in [-0.2, -0.15) is 4.31 Å². The van der Waals surface area contributed by atoms with Gasteiger partial charge in [-0.1, -0.05) is 64.1 Å². The first-order valence-electron chi connectivity index (χ1n) is 13.0. The lowest BCUT2D eigenvalue weighted by atomic mass is 9.98. The van der Waals surface area contributed by atoms with Crippen molar-refractivity contribution < 1.29 is 18.0 Å². The minimum Gasteiger partial charge on any atom is -0.353 e. The fourth-order valence-electron chi connectivity index (χ4n) is 4.52. The first-order valence-corrected chi connectivity index (χ1v) is 14.4. The molecule has 1 heterocycles. The van der Waals surface area contributed by atoms with Gasteiger partial charge in [0, 0.05) is 32.1 Å². The smallest absolute Gasteiger partial charge is 0.243 e. The van der Waals surface area contributed by atoms with E-state index >= 15 is 0 Å². The van der Waals surface area contributed by atoms with Crippen molar-refractivity contribution in [2.45, 2.75) is 82.3 Å². The molecular weight excluding hydrogens is 524 g/mol. The average Bonchev–Trinajstić information content (AvgIpc) is 2.87. The van der Waals surface area contributed by atoms with Gasteiger partial charge in [-0.25, -0.2) is 8.42 Å². The summed E-state index contributed by atoms with van der Waals surface area (Å²) in [5.41, 5.74) is 8.67. The second-order valence-corrected chi connectivity index (χ2v) is 12.2. The van der Waals surface area contributed by atoms with Crippen LogP contribution < -0.4 is 16.4 Å². The third-order valence-corrected chi connectivity index (χ3v) is 8.78. The summed E-state index contributed by atoms with van der Waals surface area (Å²) in [4.78, 5) is 25.7. The Morgan fingerprint density at radius 3 is 2.05 bits per heavy atom. The molecule has 0 aliphatic carbocycles. The van der Waals surface area contributed by atoms with Crippen molar-refractivity contribution in [2.24, 2.45) is 5.73 Å². The van der Waals surface area contributed by atoms with Crippen molar-refractivity contribution in [3.8, 4) is 0 Å². The van der Waals surface area contributed by atoms with Gasteiger partial charge >= 0.3 is 0 Å². The molecule has 1 fully saturated rings. The Morgan fingerprint density at radius 2 is 1.53 bits per heavy atom. The monoisotopic (exact) mass is 564 g/mol. The molecule has 0 aromatic heterocycles. The second kappa shape index (κ2) is 14.1. The molecule has 0 radical (unpaired) electrons. The molecule has 1 saturated heterocycles. The summed E-state index contributed by atoms with van der Waals surface area (Å²) in [6.07, 6.45) is 0.793. The topological polar surface area (TPSA) is 122 Å². The molecule has 0 unspecified atom stereocenters. The normalized spacial score (nSPS) is 18.2. The molecule has 2 amide bonds. The number of nitrogens with one attached hydrogen (secondary N) is 2. The molecule has 0 bridgehead atoms. The zero-order valence-corrected chi connectivity index (χ0v) is 24.3. The maximum absolute atomic E-state index is 13.6. The highest BCUT2D eigenvalue weighted by atomic mass is 35.5. The minimum atomic E-state index is -3.92. The standard InChI is InChI=1S/C28H40N4O4S.ClH/c1-19(2)22-7-5-21(6-8-22)18-30-28(34)26-17-24(31-27(33)13-15-29)14-16-32(26)37(35,36)25-11-9-23(10-12-25)20(3)4;/h5-12,19-20,24,26H,13-18,29H2,1-4H3,(H,30,34)(H,31,33);1H/t24-,26-;/m1./s1. The fraction of sp³-hybridized carbons (Fsp3) is 0.500. The molecule has 210 valence electrons. The van der Waals surface area contributed by atoms with Crippen LogP contribution in [0.3, 0.4) is 0 Å². The maximum atomic E-state index is 13.6. The average molecular weight is 565 g/mol. The van der Waals surface area contributed by atoms with Gasteiger partial charge in [0.1, 0.15) is 6.04 Å². The van der Waals surface area contributed by atoms with E-state index in [9.17, 15) is 18.0 Å². The lowest BCUT2D eigenvalue weighted by molar-refractivity contribution is -0.127. The van der Waals surface area contributed by atoms with E-state index in [1.807, 2.05) is 50.2 Å². The Kier molecular flexibility index (Phi) is 11.8. The fourth-order valence-corrected chi connectivity index (χ4v) is 6.13. The van der Waals surface area contributed by atoms with E-state index in [4.69, 9.17) is 5.73 Å². The highest BCUT2D eigenvalue weighted by Gasteiger charge is 2.41. The van der Waals surface area contributed by atoms with Gasteiger partial charge < -0.3 is 16.4 Å². The van der Waals surface area contributed by atoms with E-state index in [-0.39, 0.29) is 73.6 Å². The van der Waals surface area contributed by atoms with E-state index in [1.165, 1.54) is 9.87 Å². The van der Waals surface area contributed by atoms with Crippen LogP contribution >= 0.6 is 12.4 Å². The number of benzene rings is 2. The molecule has 2 aromatic rings. The lowest BCUT2D eigenvalue weighted by Crippen LogP contribution is -2.57. The lowest BCUT2D eigenvalue weighted by Gasteiger charge is -2.38. The van der Waals surface area contributed by atoms with Crippen LogP contribution in [0.15, 0.2) is 53.4 Å². The SMILES string of the molecule is CC(C)c1ccc(CNC(=O)[C@H]2C[C@H](NC(=O)CCN)CCN2S(=O)(=O)c2ccc(C(C)C)cc2)cc1.Cl. The molecule has 2 atom stereocenters. The van der Waals surface area contributed by atoms with Crippen molar-refractivity contribution in [3.63, 3.8) is 0 Å². The molecule has 8 nitrogen and oxygen atoms in total. The van der Waals surface area contributed by atoms with Crippen molar-refractivity contribution in [1.82, 2.24) is 14.9 Å². The number of piperidine rings is 1. The number of amides is 2. The number of carbonyl (C=O) groups excluding carboxylic acids is 2. The quantitative estimate of drug-likeness (QED) is 0.406. The molecule has 4 N–H and O–H groups in total. The Hall–Kier alpha value is -2.46. The van der Waals surface area contributed by atoms with Gasteiger partial charge in [0.25, 0.3) is 0 Å². The second-order valence-electron chi connectivity index (χ2n) is 10.3. The molecule has 10 heteroatoms. The summed E-state index contributed by atoms with van der Waals surface area (Å²) < 4.78 is 28.5. The highest BCUT2D eigenvalue weighted by Crippen LogP contribution is 2.27. The number of hydrogen-bond acceptors (Lipinski definition) is 5.